The smallest absolute Gasteiger partial charge is 0.358 e. The molecule has 0 aliphatic heterocycles. The number of hydrogen-bond acceptors (Lipinski definition) is 4. The Kier molecular flexibility index (Phi) is 3.80. The van der Waals surface area contributed by atoms with Crippen molar-refractivity contribution >= 4 is 32.9 Å². The number of carbonyl (C=O) groups excluding carboxylic acids is 1. The predicted octanol–water partition coefficient (Wildman–Crippen LogP) is 2.78. The lowest BCUT2D eigenvalue weighted by Gasteiger charge is -2.04. The number of nitrogens with zero attached hydrogens (tertiary/aromatic N) is 2. The SMILES string of the molecule is CCOC(=O)c1c(O)c2cc(Br)c(CC)nc2n1C. The maximum atomic E-state index is 11.9. The number of rotatable bonds is 3. The van der Waals surface area contributed by atoms with Crippen molar-refractivity contribution in [3.05, 3.63) is 21.9 Å². The Labute approximate surface area is 119 Å². The van der Waals surface area contributed by atoms with E-state index in [-0.39, 0.29) is 18.1 Å². The third kappa shape index (κ3) is 2.20. The van der Waals surface area contributed by atoms with Crippen LogP contribution in [-0.2, 0) is 18.2 Å². The van der Waals surface area contributed by atoms with E-state index in [2.05, 4.69) is 20.9 Å². The molecule has 2 aromatic rings. The summed E-state index contributed by atoms with van der Waals surface area (Å²) in [6, 6.07) is 1.78. The molecule has 0 unspecified atom stereocenters. The first-order chi connectivity index (χ1) is 9.01. The molecule has 0 saturated heterocycles. The van der Waals surface area contributed by atoms with Crippen LogP contribution in [0.15, 0.2) is 10.5 Å². The van der Waals surface area contributed by atoms with E-state index < -0.39 is 5.97 Å². The van der Waals surface area contributed by atoms with Gasteiger partial charge in [-0.05, 0) is 35.3 Å². The second-order valence-electron chi connectivity index (χ2n) is 4.12. The Morgan fingerprint density at radius 1 is 1.53 bits per heavy atom. The summed E-state index contributed by atoms with van der Waals surface area (Å²) in [4.78, 5) is 16.3. The average molecular weight is 327 g/mol. The number of carbonyl (C=O) groups is 1. The molecule has 0 fully saturated rings. The molecule has 2 rings (SSSR count). The Morgan fingerprint density at radius 3 is 2.79 bits per heavy atom. The molecule has 0 aliphatic rings. The molecule has 0 atom stereocenters. The molecule has 0 aromatic carbocycles. The van der Waals surface area contributed by atoms with Gasteiger partial charge in [-0.2, -0.15) is 0 Å². The maximum absolute atomic E-state index is 11.9. The fraction of sp³-hybridized carbons (Fsp3) is 0.385. The second-order valence-corrected chi connectivity index (χ2v) is 4.97. The van der Waals surface area contributed by atoms with E-state index >= 15 is 0 Å². The minimum absolute atomic E-state index is 0.0909. The molecule has 0 radical (unpaired) electrons. The standard InChI is InChI=1S/C13H15BrN2O3/c1-4-9-8(14)6-7-11(17)10(13(18)19-5-2)16(3)12(7)15-9/h6,17H,4-5H2,1-3H3. The van der Waals surface area contributed by atoms with Crippen LogP contribution in [0.25, 0.3) is 11.0 Å². The number of halogens is 1. The van der Waals surface area contributed by atoms with Gasteiger partial charge in [-0.1, -0.05) is 6.92 Å². The highest BCUT2D eigenvalue weighted by molar-refractivity contribution is 9.10. The van der Waals surface area contributed by atoms with E-state index in [0.717, 1.165) is 16.6 Å². The van der Waals surface area contributed by atoms with E-state index in [4.69, 9.17) is 4.74 Å². The monoisotopic (exact) mass is 326 g/mol. The molecule has 0 bridgehead atoms. The number of aryl methyl sites for hydroxylation is 2. The molecule has 102 valence electrons. The van der Waals surface area contributed by atoms with Crippen LogP contribution in [-0.4, -0.2) is 27.2 Å². The molecule has 0 spiro atoms. The van der Waals surface area contributed by atoms with E-state index in [1.807, 2.05) is 6.92 Å². The summed E-state index contributed by atoms with van der Waals surface area (Å²) in [6.45, 7) is 3.98. The number of pyridine rings is 1. The van der Waals surface area contributed by atoms with Crippen LogP contribution in [0.1, 0.15) is 30.0 Å². The second kappa shape index (κ2) is 5.21. The summed E-state index contributed by atoms with van der Waals surface area (Å²) >= 11 is 3.41. The summed E-state index contributed by atoms with van der Waals surface area (Å²) in [5, 5.41) is 10.7. The lowest BCUT2D eigenvalue weighted by Crippen LogP contribution is -2.10. The quantitative estimate of drug-likeness (QED) is 0.881. The van der Waals surface area contributed by atoms with Gasteiger partial charge in [0.25, 0.3) is 0 Å². The van der Waals surface area contributed by atoms with Gasteiger partial charge in [0.05, 0.1) is 17.7 Å². The van der Waals surface area contributed by atoms with Crippen molar-refractivity contribution in [2.45, 2.75) is 20.3 Å². The van der Waals surface area contributed by atoms with Crippen LogP contribution in [0.4, 0.5) is 0 Å². The molecule has 19 heavy (non-hydrogen) atoms. The normalized spacial score (nSPS) is 10.9. The first-order valence-electron chi connectivity index (χ1n) is 6.05. The number of ether oxygens (including phenoxy) is 1. The summed E-state index contributed by atoms with van der Waals surface area (Å²) in [7, 11) is 1.69. The molecule has 1 N–H and O–H groups in total. The minimum Gasteiger partial charge on any atom is -0.505 e. The Morgan fingerprint density at radius 2 is 2.21 bits per heavy atom. The Balaban J connectivity index is 2.71. The highest BCUT2D eigenvalue weighted by Gasteiger charge is 2.23. The highest BCUT2D eigenvalue weighted by Crippen LogP contribution is 2.33. The van der Waals surface area contributed by atoms with Crippen molar-refractivity contribution in [1.29, 1.82) is 0 Å². The number of fused-ring (bicyclic) bond motifs is 1. The molecule has 0 amide bonds. The van der Waals surface area contributed by atoms with E-state index in [1.54, 1.807) is 24.6 Å². The lowest BCUT2D eigenvalue weighted by atomic mass is 10.2. The summed E-state index contributed by atoms with van der Waals surface area (Å²) in [5.41, 5.74) is 1.58. The van der Waals surface area contributed by atoms with Gasteiger partial charge in [0.1, 0.15) is 5.65 Å². The molecule has 6 heteroatoms. The van der Waals surface area contributed by atoms with Gasteiger partial charge in [0.2, 0.25) is 0 Å². The average Bonchev–Trinajstić information content (AvgIpc) is 2.61. The first-order valence-corrected chi connectivity index (χ1v) is 6.84. The molecule has 2 heterocycles. The van der Waals surface area contributed by atoms with Crippen LogP contribution < -0.4 is 0 Å². The van der Waals surface area contributed by atoms with E-state index in [1.165, 1.54) is 0 Å². The summed E-state index contributed by atoms with van der Waals surface area (Å²) in [6.07, 6.45) is 0.761. The van der Waals surface area contributed by atoms with Crippen molar-refractivity contribution in [3.63, 3.8) is 0 Å². The molecular formula is C13H15BrN2O3. The first kappa shape index (κ1) is 13.9. The lowest BCUT2D eigenvalue weighted by molar-refractivity contribution is 0.0512. The minimum atomic E-state index is -0.547. The third-order valence-electron chi connectivity index (χ3n) is 2.96. The number of aromatic hydroxyl groups is 1. The fourth-order valence-corrected chi connectivity index (χ4v) is 2.62. The summed E-state index contributed by atoms with van der Waals surface area (Å²) in [5.74, 6) is -0.638. The van der Waals surface area contributed by atoms with E-state index in [0.29, 0.717) is 11.0 Å². The largest absolute Gasteiger partial charge is 0.505 e. The van der Waals surface area contributed by atoms with Crippen LogP contribution in [0.3, 0.4) is 0 Å². The van der Waals surface area contributed by atoms with Gasteiger partial charge in [-0.3, -0.25) is 0 Å². The molecule has 5 nitrogen and oxygen atoms in total. The van der Waals surface area contributed by atoms with Crippen LogP contribution in [0.2, 0.25) is 0 Å². The van der Waals surface area contributed by atoms with E-state index in [9.17, 15) is 9.90 Å². The van der Waals surface area contributed by atoms with Crippen molar-refractivity contribution in [2.75, 3.05) is 6.61 Å². The van der Waals surface area contributed by atoms with Gasteiger partial charge >= 0.3 is 5.97 Å². The van der Waals surface area contributed by atoms with Crippen LogP contribution >= 0.6 is 15.9 Å². The van der Waals surface area contributed by atoms with Crippen molar-refractivity contribution in [2.24, 2.45) is 7.05 Å². The number of hydrogen-bond donors (Lipinski definition) is 1. The predicted molar refractivity (Wildman–Crippen MR) is 75.4 cm³/mol. The number of esters is 1. The zero-order chi connectivity index (χ0) is 14.2. The fourth-order valence-electron chi connectivity index (χ4n) is 2.02. The topological polar surface area (TPSA) is 64.3 Å². The Hall–Kier alpha value is -1.56. The van der Waals surface area contributed by atoms with Crippen molar-refractivity contribution in [3.8, 4) is 5.75 Å². The van der Waals surface area contributed by atoms with Gasteiger partial charge < -0.3 is 14.4 Å². The van der Waals surface area contributed by atoms with Crippen LogP contribution in [0.5, 0.6) is 5.75 Å². The van der Waals surface area contributed by atoms with Crippen molar-refractivity contribution < 1.29 is 14.6 Å². The highest BCUT2D eigenvalue weighted by atomic mass is 79.9. The molecule has 0 saturated carbocycles. The zero-order valence-corrected chi connectivity index (χ0v) is 12.6. The van der Waals surface area contributed by atoms with Crippen molar-refractivity contribution in [1.82, 2.24) is 9.55 Å². The summed E-state index contributed by atoms with van der Waals surface area (Å²) < 4.78 is 7.33. The number of aromatic nitrogens is 2. The molecule has 0 aliphatic carbocycles. The molecular weight excluding hydrogens is 312 g/mol. The van der Waals surface area contributed by atoms with Gasteiger partial charge in [-0.25, -0.2) is 9.78 Å². The third-order valence-corrected chi connectivity index (χ3v) is 3.65. The Bertz CT molecular complexity index is 649. The van der Waals surface area contributed by atoms with Gasteiger partial charge in [0, 0.05) is 11.5 Å². The van der Waals surface area contributed by atoms with Gasteiger partial charge in [0.15, 0.2) is 11.4 Å². The maximum Gasteiger partial charge on any atom is 0.358 e. The molecule has 2 aromatic heterocycles. The van der Waals surface area contributed by atoms with Crippen LogP contribution in [0, 0.1) is 0 Å². The zero-order valence-electron chi connectivity index (χ0n) is 11.0. The van der Waals surface area contributed by atoms with Gasteiger partial charge in [-0.15, -0.1) is 0 Å².